The van der Waals surface area contributed by atoms with Crippen LogP contribution in [0.1, 0.15) is 31.1 Å². The minimum atomic E-state index is -0.678. The van der Waals surface area contributed by atoms with Gasteiger partial charge in [-0.1, -0.05) is 0 Å². The zero-order valence-electron chi connectivity index (χ0n) is 12.3. The van der Waals surface area contributed by atoms with Gasteiger partial charge in [-0.2, -0.15) is 0 Å². The topological polar surface area (TPSA) is 96.4 Å². The van der Waals surface area contributed by atoms with E-state index in [-0.39, 0.29) is 5.56 Å². The highest BCUT2D eigenvalue weighted by molar-refractivity contribution is 6.06. The smallest absolute Gasteiger partial charge is 0.419 e. The third kappa shape index (κ3) is 2.96. The predicted octanol–water partition coefficient (Wildman–Crippen LogP) is 1.93. The van der Waals surface area contributed by atoms with Crippen molar-refractivity contribution in [1.29, 1.82) is 0 Å². The number of amides is 1. The Bertz CT molecular complexity index is 713. The molecule has 7 heteroatoms. The number of nitrogens with two attached hydrogens (primary N) is 1. The van der Waals surface area contributed by atoms with Crippen LogP contribution in [0, 0.1) is 0 Å². The maximum Gasteiger partial charge on any atom is 0.419 e. The summed E-state index contributed by atoms with van der Waals surface area (Å²) in [4.78, 5) is 27.9. The van der Waals surface area contributed by atoms with Gasteiger partial charge in [-0.05, 0) is 26.8 Å². The van der Waals surface area contributed by atoms with Crippen molar-refractivity contribution in [2.45, 2.75) is 26.4 Å². The quantitative estimate of drug-likeness (QED) is 0.911. The van der Waals surface area contributed by atoms with Crippen molar-refractivity contribution in [3.05, 3.63) is 23.9 Å². The molecular weight excluding hydrogens is 274 g/mol. The highest BCUT2D eigenvalue weighted by Gasteiger charge is 2.23. The number of hydrogen-bond acceptors (Lipinski definition) is 5. The molecule has 0 radical (unpaired) electrons. The van der Waals surface area contributed by atoms with E-state index in [1.54, 1.807) is 32.9 Å². The standard InChI is InChI=1S/C14H17N3O4/c1-14(2,3)21-13(19)17-7-8(12(15)18)11-9(17)5-6-10(16-11)20-4/h5-7H,1-4H3,(H2,15,18). The Morgan fingerprint density at radius 2 is 1.95 bits per heavy atom. The molecular formula is C14H17N3O4. The van der Waals surface area contributed by atoms with Gasteiger partial charge >= 0.3 is 6.09 Å². The fraction of sp³-hybridized carbons (Fsp3) is 0.357. The van der Waals surface area contributed by atoms with Gasteiger partial charge in [-0.25, -0.2) is 9.78 Å². The number of carbonyl (C=O) groups excluding carboxylic acids is 2. The Hall–Kier alpha value is -2.57. The van der Waals surface area contributed by atoms with Crippen LogP contribution in [-0.2, 0) is 4.74 Å². The highest BCUT2D eigenvalue weighted by atomic mass is 16.6. The number of fused-ring (bicyclic) bond motifs is 1. The SMILES string of the molecule is COc1ccc2c(n1)c(C(N)=O)cn2C(=O)OC(C)(C)C. The zero-order valence-corrected chi connectivity index (χ0v) is 12.3. The van der Waals surface area contributed by atoms with Gasteiger partial charge in [-0.15, -0.1) is 0 Å². The first-order valence-corrected chi connectivity index (χ1v) is 6.32. The monoisotopic (exact) mass is 291 g/mol. The average molecular weight is 291 g/mol. The molecule has 0 atom stereocenters. The van der Waals surface area contributed by atoms with Crippen LogP contribution >= 0.6 is 0 Å². The number of carbonyl (C=O) groups is 2. The first-order chi connectivity index (χ1) is 9.73. The van der Waals surface area contributed by atoms with E-state index in [0.717, 1.165) is 0 Å². The molecule has 112 valence electrons. The van der Waals surface area contributed by atoms with Gasteiger partial charge in [0.1, 0.15) is 11.1 Å². The lowest BCUT2D eigenvalue weighted by Gasteiger charge is -2.19. The van der Waals surface area contributed by atoms with Gasteiger partial charge in [0.05, 0.1) is 18.2 Å². The van der Waals surface area contributed by atoms with E-state index in [2.05, 4.69) is 4.98 Å². The Morgan fingerprint density at radius 3 is 2.48 bits per heavy atom. The van der Waals surface area contributed by atoms with Crippen molar-refractivity contribution in [3.63, 3.8) is 0 Å². The molecule has 2 rings (SSSR count). The van der Waals surface area contributed by atoms with E-state index in [1.165, 1.54) is 17.9 Å². The normalized spacial score (nSPS) is 11.4. The third-order valence-corrected chi connectivity index (χ3v) is 2.69. The van der Waals surface area contributed by atoms with Crippen molar-refractivity contribution in [2.24, 2.45) is 5.73 Å². The third-order valence-electron chi connectivity index (χ3n) is 2.69. The van der Waals surface area contributed by atoms with E-state index >= 15 is 0 Å². The lowest BCUT2D eigenvalue weighted by Crippen LogP contribution is -2.26. The van der Waals surface area contributed by atoms with Gasteiger partial charge in [0.15, 0.2) is 0 Å². The molecule has 0 spiro atoms. The lowest BCUT2D eigenvalue weighted by molar-refractivity contribution is 0.0544. The fourth-order valence-electron chi connectivity index (χ4n) is 1.84. The molecule has 0 fully saturated rings. The molecule has 0 saturated heterocycles. The van der Waals surface area contributed by atoms with Crippen molar-refractivity contribution in [1.82, 2.24) is 9.55 Å². The maximum atomic E-state index is 12.2. The van der Waals surface area contributed by atoms with E-state index in [4.69, 9.17) is 15.2 Å². The lowest BCUT2D eigenvalue weighted by atomic mass is 10.2. The van der Waals surface area contributed by atoms with Gasteiger partial charge < -0.3 is 15.2 Å². The molecule has 0 bridgehead atoms. The number of rotatable bonds is 2. The summed E-state index contributed by atoms with van der Waals surface area (Å²) < 4.78 is 11.5. The van der Waals surface area contributed by atoms with E-state index < -0.39 is 17.6 Å². The van der Waals surface area contributed by atoms with Crippen molar-refractivity contribution >= 4 is 23.0 Å². The molecule has 1 amide bonds. The minimum absolute atomic E-state index is 0.134. The molecule has 21 heavy (non-hydrogen) atoms. The number of primary amides is 1. The number of aromatic nitrogens is 2. The molecule has 0 aromatic carbocycles. The van der Waals surface area contributed by atoms with Gasteiger partial charge in [0.25, 0.3) is 5.91 Å². The summed E-state index contributed by atoms with van der Waals surface area (Å²) in [5.74, 6) is -0.352. The Morgan fingerprint density at radius 1 is 1.29 bits per heavy atom. The molecule has 2 aromatic heterocycles. The van der Waals surface area contributed by atoms with E-state index in [9.17, 15) is 9.59 Å². The number of pyridine rings is 1. The Kier molecular flexibility index (Phi) is 3.59. The maximum absolute atomic E-state index is 12.2. The second-order valence-electron chi connectivity index (χ2n) is 5.48. The summed E-state index contributed by atoms with van der Waals surface area (Å²) in [6, 6.07) is 3.21. The summed E-state index contributed by atoms with van der Waals surface area (Å²) in [6.45, 7) is 5.27. The van der Waals surface area contributed by atoms with Crippen LogP contribution in [0.25, 0.3) is 11.0 Å². The van der Waals surface area contributed by atoms with Crippen molar-refractivity contribution in [3.8, 4) is 5.88 Å². The molecule has 2 aromatic rings. The molecule has 2 heterocycles. The average Bonchev–Trinajstić information content (AvgIpc) is 2.75. The summed E-state index contributed by atoms with van der Waals surface area (Å²) in [5, 5.41) is 0. The predicted molar refractivity (Wildman–Crippen MR) is 76.4 cm³/mol. The summed E-state index contributed by atoms with van der Waals surface area (Å²) in [5.41, 5.74) is 5.54. The number of methoxy groups -OCH3 is 1. The fourth-order valence-corrected chi connectivity index (χ4v) is 1.84. The van der Waals surface area contributed by atoms with Crippen LogP contribution in [0.3, 0.4) is 0 Å². The Labute approximate surface area is 121 Å². The highest BCUT2D eigenvalue weighted by Crippen LogP contribution is 2.23. The number of hydrogen-bond donors (Lipinski definition) is 1. The zero-order chi connectivity index (χ0) is 15.8. The van der Waals surface area contributed by atoms with Crippen LogP contribution in [-0.4, -0.2) is 34.3 Å². The molecule has 0 aliphatic heterocycles. The summed E-state index contributed by atoms with van der Waals surface area (Å²) in [7, 11) is 1.46. The summed E-state index contributed by atoms with van der Waals surface area (Å²) >= 11 is 0. The van der Waals surface area contributed by atoms with Gasteiger partial charge in [0.2, 0.25) is 5.88 Å². The van der Waals surface area contributed by atoms with Crippen LogP contribution in [0.5, 0.6) is 5.88 Å². The number of ether oxygens (including phenoxy) is 2. The first-order valence-electron chi connectivity index (χ1n) is 6.32. The Balaban J connectivity index is 2.60. The molecule has 7 nitrogen and oxygen atoms in total. The van der Waals surface area contributed by atoms with E-state index in [1.807, 2.05) is 0 Å². The first kappa shape index (κ1) is 14.8. The largest absolute Gasteiger partial charge is 0.481 e. The minimum Gasteiger partial charge on any atom is -0.481 e. The summed E-state index contributed by atoms with van der Waals surface area (Å²) in [6.07, 6.45) is 0.722. The second-order valence-corrected chi connectivity index (χ2v) is 5.48. The van der Waals surface area contributed by atoms with E-state index in [0.29, 0.717) is 16.9 Å². The molecule has 0 aliphatic rings. The second kappa shape index (κ2) is 5.08. The van der Waals surface area contributed by atoms with Crippen molar-refractivity contribution in [2.75, 3.05) is 7.11 Å². The van der Waals surface area contributed by atoms with Crippen LogP contribution in [0.4, 0.5) is 4.79 Å². The number of nitrogens with zero attached hydrogens (tertiary/aromatic N) is 2. The van der Waals surface area contributed by atoms with Gasteiger partial charge in [0, 0.05) is 12.3 Å². The van der Waals surface area contributed by atoms with Crippen LogP contribution in [0.15, 0.2) is 18.3 Å². The van der Waals surface area contributed by atoms with Crippen LogP contribution in [0.2, 0.25) is 0 Å². The molecule has 0 aliphatic carbocycles. The molecule has 0 unspecified atom stereocenters. The van der Waals surface area contributed by atoms with Crippen molar-refractivity contribution < 1.29 is 19.1 Å². The molecule has 0 saturated carbocycles. The van der Waals surface area contributed by atoms with Gasteiger partial charge in [-0.3, -0.25) is 9.36 Å². The molecule has 2 N–H and O–H groups in total. The van der Waals surface area contributed by atoms with Crippen LogP contribution < -0.4 is 10.5 Å².